The SMILES string of the molecule is O=C(c1ccc(Br)cc1)N1CCC(S(=O)(=O)c2ccccc2)C1. The number of hydrogen-bond acceptors (Lipinski definition) is 3. The number of amides is 1. The fourth-order valence-corrected chi connectivity index (χ4v) is 4.72. The Morgan fingerprint density at radius 1 is 1.04 bits per heavy atom. The molecule has 2 aromatic carbocycles. The molecule has 1 heterocycles. The van der Waals surface area contributed by atoms with Crippen molar-refractivity contribution in [1.29, 1.82) is 0 Å². The molecule has 1 unspecified atom stereocenters. The van der Waals surface area contributed by atoms with E-state index in [9.17, 15) is 13.2 Å². The van der Waals surface area contributed by atoms with Crippen molar-refractivity contribution in [3.63, 3.8) is 0 Å². The Morgan fingerprint density at radius 2 is 1.70 bits per heavy atom. The summed E-state index contributed by atoms with van der Waals surface area (Å²) < 4.78 is 26.2. The number of benzene rings is 2. The molecule has 0 spiro atoms. The molecule has 0 N–H and O–H groups in total. The number of likely N-dealkylation sites (tertiary alicyclic amines) is 1. The first-order chi connectivity index (χ1) is 11.0. The van der Waals surface area contributed by atoms with Crippen LogP contribution >= 0.6 is 15.9 Å². The monoisotopic (exact) mass is 393 g/mol. The van der Waals surface area contributed by atoms with Gasteiger partial charge in [0.05, 0.1) is 10.1 Å². The van der Waals surface area contributed by atoms with Crippen LogP contribution in [0, 0.1) is 0 Å². The van der Waals surface area contributed by atoms with E-state index in [4.69, 9.17) is 0 Å². The molecule has 1 aliphatic heterocycles. The Bertz CT molecular complexity index is 803. The summed E-state index contributed by atoms with van der Waals surface area (Å²) in [7, 11) is -3.40. The number of hydrogen-bond donors (Lipinski definition) is 0. The maximum atomic E-state index is 12.6. The molecule has 0 bridgehead atoms. The molecule has 0 saturated carbocycles. The van der Waals surface area contributed by atoms with E-state index in [1.165, 1.54) is 0 Å². The average Bonchev–Trinajstić information content (AvgIpc) is 3.06. The fourth-order valence-electron chi connectivity index (χ4n) is 2.74. The molecule has 4 nitrogen and oxygen atoms in total. The van der Waals surface area contributed by atoms with Crippen molar-refractivity contribution in [2.24, 2.45) is 0 Å². The van der Waals surface area contributed by atoms with Crippen molar-refractivity contribution >= 4 is 31.7 Å². The molecule has 0 radical (unpaired) electrons. The second-order valence-electron chi connectivity index (χ2n) is 5.53. The molecule has 1 aliphatic rings. The molecule has 0 aliphatic carbocycles. The number of rotatable bonds is 3. The van der Waals surface area contributed by atoms with Gasteiger partial charge in [0.25, 0.3) is 5.91 Å². The minimum atomic E-state index is -3.40. The maximum Gasteiger partial charge on any atom is 0.253 e. The molecule has 2 aromatic rings. The number of carbonyl (C=O) groups is 1. The highest BCUT2D eigenvalue weighted by molar-refractivity contribution is 9.10. The topological polar surface area (TPSA) is 54.5 Å². The predicted molar refractivity (Wildman–Crippen MR) is 92.1 cm³/mol. The van der Waals surface area contributed by atoms with Crippen LogP contribution in [-0.4, -0.2) is 37.6 Å². The zero-order valence-electron chi connectivity index (χ0n) is 12.4. The van der Waals surface area contributed by atoms with Crippen LogP contribution in [-0.2, 0) is 9.84 Å². The van der Waals surface area contributed by atoms with E-state index in [0.29, 0.717) is 23.4 Å². The summed E-state index contributed by atoms with van der Waals surface area (Å²) >= 11 is 3.34. The number of halogens is 1. The van der Waals surface area contributed by atoms with Crippen molar-refractivity contribution in [3.05, 3.63) is 64.6 Å². The molecule has 23 heavy (non-hydrogen) atoms. The Hall–Kier alpha value is -1.66. The summed E-state index contributed by atoms with van der Waals surface area (Å²) in [4.78, 5) is 14.4. The number of carbonyl (C=O) groups excluding carboxylic acids is 1. The van der Waals surface area contributed by atoms with E-state index < -0.39 is 15.1 Å². The number of sulfone groups is 1. The van der Waals surface area contributed by atoms with Crippen LogP contribution in [0.4, 0.5) is 0 Å². The molecule has 3 rings (SSSR count). The van der Waals surface area contributed by atoms with Crippen molar-refractivity contribution < 1.29 is 13.2 Å². The fraction of sp³-hybridized carbons (Fsp3) is 0.235. The average molecular weight is 394 g/mol. The van der Waals surface area contributed by atoms with Crippen molar-refractivity contribution in [1.82, 2.24) is 4.90 Å². The quantitative estimate of drug-likeness (QED) is 0.804. The first-order valence-corrected chi connectivity index (χ1v) is 9.66. The van der Waals surface area contributed by atoms with Gasteiger partial charge < -0.3 is 4.90 Å². The Kier molecular flexibility index (Phi) is 4.55. The van der Waals surface area contributed by atoms with Gasteiger partial charge in [0.2, 0.25) is 0 Å². The van der Waals surface area contributed by atoms with Gasteiger partial charge in [-0.1, -0.05) is 34.1 Å². The van der Waals surface area contributed by atoms with Crippen molar-refractivity contribution in [2.75, 3.05) is 13.1 Å². The van der Waals surface area contributed by atoms with Crippen LogP contribution in [0.2, 0.25) is 0 Å². The van der Waals surface area contributed by atoms with E-state index in [1.54, 1.807) is 47.4 Å². The lowest BCUT2D eigenvalue weighted by Crippen LogP contribution is -2.31. The minimum absolute atomic E-state index is 0.122. The summed E-state index contributed by atoms with van der Waals surface area (Å²) in [5.41, 5.74) is 0.575. The standard InChI is InChI=1S/C17H16BrNO3S/c18-14-8-6-13(7-9-14)17(20)19-11-10-16(12-19)23(21,22)15-4-2-1-3-5-15/h1-9,16H,10-12H2. The molecule has 1 fully saturated rings. The zero-order valence-corrected chi connectivity index (χ0v) is 14.8. The van der Waals surface area contributed by atoms with Crippen LogP contribution in [0.5, 0.6) is 0 Å². The second kappa shape index (κ2) is 6.45. The van der Waals surface area contributed by atoms with Crippen LogP contribution in [0.3, 0.4) is 0 Å². The van der Waals surface area contributed by atoms with Crippen molar-refractivity contribution in [3.8, 4) is 0 Å². The highest BCUT2D eigenvalue weighted by atomic mass is 79.9. The third-order valence-electron chi connectivity index (χ3n) is 4.03. The van der Waals surface area contributed by atoms with Gasteiger partial charge in [0, 0.05) is 23.1 Å². The molecule has 1 amide bonds. The van der Waals surface area contributed by atoms with E-state index in [-0.39, 0.29) is 12.5 Å². The Morgan fingerprint density at radius 3 is 2.35 bits per heavy atom. The Labute approximate surface area is 144 Å². The molecular formula is C17H16BrNO3S. The summed E-state index contributed by atoms with van der Waals surface area (Å²) in [6.45, 7) is 0.706. The maximum absolute atomic E-state index is 12.6. The van der Waals surface area contributed by atoms with Crippen LogP contribution in [0.1, 0.15) is 16.8 Å². The summed E-state index contributed by atoms with van der Waals surface area (Å²) in [6, 6.07) is 15.5. The lowest BCUT2D eigenvalue weighted by atomic mass is 10.2. The first-order valence-electron chi connectivity index (χ1n) is 7.32. The molecule has 120 valence electrons. The van der Waals surface area contributed by atoms with Gasteiger partial charge in [-0.2, -0.15) is 0 Å². The third kappa shape index (κ3) is 3.33. The normalized spacial score (nSPS) is 18.1. The second-order valence-corrected chi connectivity index (χ2v) is 8.67. The molecule has 1 saturated heterocycles. The molecule has 6 heteroatoms. The first kappa shape index (κ1) is 16.2. The smallest absolute Gasteiger partial charge is 0.253 e. The van der Waals surface area contributed by atoms with Gasteiger partial charge in [0.15, 0.2) is 9.84 Å². The highest BCUT2D eigenvalue weighted by Gasteiger charge is 2.36. The van der Waals surface area contributed by atoms with E-state index in [2.05, 4.69) is 15.9 Å². The van der Waals surface area contributed by atoms with E-state index in [1.807, 2.05) is 12.1 Å². The molecule has 1 atom stereocenters. The van der Waals surface area contributed by atoms with Gasteiger partial charge in [-0.05, 0) is 42.8 Å². The van der Waals surface area contributed by atoms with Gasteiger partial charge >= 0.3 is 0 Å². The minimum Gasteiger partial charge on any atom is -0.337 e. The third-order valence-corrected chi connectivity index (χ3v) is 6.75. The molecular weight excluding hydrogens is 378 g/mol. The predicted octanol–water partition coefficient (Wildman–Crippen LogP) is 3.14. The summed E-state index contributed by atoms with van der Waals surface area (Å²) in [5, 5.41) is -0.538. The highest BCUT2D eigenvalue weighted by Crippen LogP contribution is 2.25. The van der Waals surface area contributed by atoms with Crippen LogP contribution < -0.4 is 0 Å². The van der Waals surface area contributed by atoms with Gasteiger partial charge in [-0.25, -0.2) is 8.42 Å². The lowest BCUT2D eigenvalue weighted by Gasteiger charge is -2.17. The van der Waals surface area contributed by atoms with Gasteiger partial charge in [0.1, 0.15) is 0 Å². The van der Waals surface area contributed by atoms with E-state index in [0.717, 1.165) is 4.47 Å². The van der Waals surface area contributed by atoms with Crippen molar-refractivity contribution in [2.45, 2.75) is 16.6 Å². The van der Waals surface area contributed by atoms with Gasteiger partial charge in [-0.15, -0.1) is 0 Å². The van der Waals surface area contributed by atoms with Crippen LogP contribution in [0.25, 0.3) is 0 Å². The number of nitrogens with zero attached hydrogens (tertiary/aromatic N) is 1. The zero-order chi connectivity index (χ0) is 16.4. The Balaban J connectivity index is 1.76. The summed E-state index contributed by atoms with van der Waals surface area (Å²) in [6.07, 6.45) is 0.472. The summed E-state index contributed by atoms with van der Waals surface area (Å²) in [5.74, 6) is -0.122. The van der Waals surface area contributed by atoms with Crippen LogP contribution in [0.15, 0.2) is 64.0 Å². The van der Waals surface area contributed by atoms with Gasteiger partial charge in [-0.3, -0.25) is 4.79 Å². The largest absolute Gasteiger partial charge is 0.337 e. The van der Waals surface area contributed by atoms with E-state index >= 15 is 0 Å². The molecule has 0 aromatic heterocycles. The lowest BCUT2D eigenvalue weighted by molar-refractivity contribution is 0.0793.